The average molecular weight is 332 g/mol. The molecule has 6 nitrogen and oxygen atoms in total. The minimum absolute atomic E-state index is 0.262. The number of carbonyl (C=O) groups is 2. The number of hydrogen-bond acceptors (Lipinski definition) is 5. The van der Waals surface area contributed by atoms with Crippen molar-refractivity contribution in [1.82, 2.24) is 0 Å². The Hall–Kier alpha value is -3.02. The molecule has 0 spiro atoms. The topological polar surface area (TPSA) is 65.3 Å². The summed E-state index contributed by atoms with van der Waals surface area (Å²) in [5, 5.41) is 9.70. The van der Waals surface area contributed by atoms with Crippen molar-refractivity contribution in [2.45, 2.75) is 31.3 Å². The standard InChI is InChI=1S/C19H16N4O2/c24-18-16-17(23(21-20-16)14-7-2-1-3-8-14)19(25)22(18)15-10-9-12-5-4-6-13(12)11-15/h1-3,7-11,16-17H,4-6H2/t16-,17+/m0/s1. The largest absolute Gasteiger partial charge is 0.271 e. The zero-order chi connectivity index (χ0) is 17.0. The average Bonchev–Trinajstić information content (AvgIpc) is 3.33. The third-order valence-electron chi connectivity index (χ3n) is 5.14. The minimum atomic E-state index is -0.763. The van der Waals surface area contributed by atoms with Crippen molar-refractivity contribution >= 4 is 23.2 Å². The van der Waals surface area contributed by atoms with Crippen molar-refractivity contribution in [3.63, 3.8) is 0 Å². The Bertz CT molecular complexity index is 909. The van der Waals surface area contributed by atoms with Crippen LogP contribution in [0, 0.1) is 0 Å². The Morgan fingerprint density at radius 2 is 1.68 bits per heavy atom. The van der Waals surface area contributed by atoms with E-state index in [9.17, 15) is 9.59 Å². The van der Waals surface area contributed by atoms with Gasteiger partial charge >= 0.3 is 0 Å². The highest BCUT2D eigenvalue weighted by Crippen LogP contribution is 2.36. The zero-order valence-corrected chi connectivity index (χ0v) is 13.5. The van der Waals surface area contributed by atoms with Gasteiger partial charge in [-0.3, -0.25) is 9.59 Å². The van der Waals surface area contributed by atoms with Gasteiger partial charge in [-0.15, -0.1) is 0 Å². The van der Waals surface area contributed by atoms with E-state index < -0.39 is 12.1 Å². The third-order valence-corrected chi connectivity index (χ3v) is 5.14. The van der Waals surface area contributed by atoms with Crippen LogP contribution in [0.1, 0.15) is 17.5 Å². The lowest BCUT2D eigenvalue weighted by Gasteiger charge is -2.20. The lowest BCUT2D eigenvalue weighted by molar-refractivity contribution is -0.121. The van der Waals surface area contributed by atoms with E-state index in [2.05, 4.69) is 10.3 Å². The van der Waals surface area contributed by atoms with Crippen LogP contribution in [0.2, 0.25) is 0 Å². The summed E-state index contributed by atoms with van der Waals surface area (Å²) in [6.07, 6.45) is 3.20. The van der Waals surface area contributed by atoms with E-state index in [4.69, 9.17) is 0 Å². The second-order valence-electron chi connectivity index (χ2n) is 6.59. The number of fused-ring (bicyclic) bond motifs is 2. The fraction of sp³-hybridized carbons (Fsp3) is 0.263. The SMILES string of the molecule is O=C1[C@H]2N=NN(c3ccccc3)[C@H]2C(=O)N1c1ccc2c(c1)CCC2. The second kappa shape index (κ2) is 5.24. The molecule has 2 amide bonds. The first-order valence-electron chi connectivity index (χ1n) is 8.49. The minimum Gasteiger partial charge on any atom is -0.271 e. The Balaban J connectivity index is 1.51. The van der Waals surface area contributed by atoms with E-state index in [0.29, 0.717) is 5.69 Å². The predicted octanol–water partition coefficient (Wildman–Crippen LogP) is 2.67. The number of imide groups is 1. The van der Waals surface area contributed by atoms with Gasteiger partial charge in [0, 0.05) is 0 Å². The summed E-state index contributed by atoms with van der Waals surface area (Å²) < 4.78 is 0. The smallest absolute Gasteiger partial charge is 0.263 e. The van der Waals surface area contributed by atoms with Gasteiger partial charge < -0.3 is 0 Å². The number of anilines is 2. The molecule has 2 heterocycles. The molecule has 2 atom stereocenters. The summed E-state index contributed by atoms with van der Waals surface area (Å²) in [5.74, 6) is -0.558. The lowest BCUT2D eigenvalue weighted by atomic mass is 10.1. The Labute approximate surface area is 144 Å². The molecule has 0 radical (unpaired) electrons. The van der Waals surface area contributed by atoms with Crippen LogP contribution in [0.5, 0.6) is 0 Å². The van der Waals surface area contributed by atoms with Crippen molar-refractivity contribution in [3.8, 4) is 0 Å². The van der Waals surface area contributed by atoms with Gasteiger partial charge in [0.1, 0.15) is 0 Å². The van der Waals surface area contributed by atoms with Gasteiger partial charge in [-0.1, -0.05) is 29.5 Å². The first-order chi connectivity index (χ1) is 12.2. The van der Waals surface area contributed by atoms with Gasteiger partial charge in [0.25, 0.3) is 11.8 Å². The van der Waals surface area contributed by atoms with E-state index in [1.807, 2.05) is 48.5 Å². The van der Waals surface area contributed by atoms with Gasteiger partial charge in [0.15, 0.2) is 12.1 Å². The van der Waals surface area contributed by atoms with Gasteiger partial charge in [-0.25, -0.2) is 9.91 Å². The van der Waals surface area contributed by atoms with Gasteiger partial charge in [0.2, 0.25) is 0 Å². The van der Waals surface area contributed by atoms with E-state index in [-0.39, 0.29) is 11.8 Å². The molecule has 1 saturated heterocycles. The summed E-state index contributed by atoms with van der Waals surface area (Å²) in [6.45, 7) is 0. The van der Waals surface area contributed by atoms with E-state index in [0.717, 1.165) is 24.9 Å². The highest BCUT2D eigenvalue weighted by molar-refractivity contribution is 6.26. The highest BCUT2D eigenvalue weighted by Gasteiger charge is 2.55. The molecule has 1 fully saturated rings. The molecule has 2 aromatic carbocycles. The number of carbonyl (C=O) groups excluding carboxylic acids is 2. The predicted molar refractivity (Wildman–Crippen MR) is 92.3 cm³/mol. The molecule has 2 aromatic rings. The molecule has 1 aliphatic carbocycles. The molecule has 6 heteroatoms. The van der Waals surface area contributed by atoms with Crippen LogP contribution in [0.15, 0.2) is 58.9 Å². The molecular formula is C19H16N4O2. The molecule has 0 saturated carbocycles. The molecule has 0 unspecified atom stereocenters. The molecule has 3 aliphatic rings. The summed E-state index contributed by atoms with van der Waals surface area (Å²) in [4.78, 5) is 27.1. The van der Waals surface area contributed by atoms with Crippen molar-refractivity contribution in [2.24, 2.45) is 10.3 Å². The number of benzene rings is 2. The lowest BCUT2D eigenvalue weighted by Crippen LogP contribution is -2.39. The van der Waals surface area contributed by atoms with Crippen molar-refractivity contribution in [3.05, 3.63) is 59.7 Å². The number of para-hydroxylation sites is 1. The van der Waals surface area contributed by atoms with Gasteiger partial charge in [-0.2, -0.15) is 5.11 Å². The molecule has 0 bridgehead atoms. The van der Waals surface area contributed by atoms with Crippen LogP contribution in [0.3, 0.4) is 0 Å². The molecule has 2 aliphatic heterocycles. The molecule has 25 heavy (non-hydrogen) atoms. The number of nitrogens with zero attached hydrogens (tertiary/aromatic N) is 4. The summed E-state index contributed by atoms with van der Waals surface area (Å²) in [6, 6.07) is 13.8. The van der Waals surface area contributed by atoms with Crippen LogP contribution < -0.4 is 9.91 Å². The number of aryl methyl sites for hydroxylation is 2. The van der Waals surface area contributed by atoms with Crippen LogP contribution in [0.25, 0.3) is 0 Å². The Kier molecular flexibility index (Phi) is 3.00. The Morgan fingerprint density at radius 3 is 2.52 bits per heavy atom. The summed E-state index contributed by atoms with van der Waals surface area (Å²) >= 11 is 0. The highest BCUT2D eigenvalue weighted by atomic mass is 16.2. The maximum absolute atomic E-state index is 13.0. The van der Waals surface area contributed by atoms with Crippen LogP contribution >= 0.6 is 0 Å². The first kappa shape index (κ1) is 14.3. The fourth-order valence-corrected chi connectivity index (χ4v) is 3.91. The Morgan fingerprint density at radius 1 is 0.880 bits per heavy atom. The van der Waals surface area contributed by atoms with Gasteiger partial charge in [0.05, 0.1) is 11.4 Å². The quantitative estimate of drug-likeness (QED) is 0.794. The molecule has 0 N–H and O–H groups in total. The molecular weight excluding hydrogens is 316 g/mol. The van der Waals surface area contributed by atoms with Gasteiger partial charge in [-0.05, 0) is 54.7 Å². The number of hydrogen-bond donors (Lipinski definition) is 0. The third kappa shape index (κ3) is 2.03. The number of rotatable bonds is 2. The van der Waals surface area contributed by atoms with Crippen molar-refractivity contribution in [1.29, 1.82) is 0 Å². The van der Waals surface area contributed by atoms with Crippen molar-refractivity contribution in [2.75, 3.05) is 9.91 Å². The monoisotopic (exact) mass is 332 g/mol. The summed E-state index contributed by atoms with van der Waals surface area (Å²) in [5.41, 5.74) is 3.95. The second-order valence-corrected chi connectivity index (χ2v) is 6.59. The first-order valence-corrected chi connectivity index (χ1v) is 8.49. The maximum atomic E-state index is 13.0. The van der Waals surface area contributed by atoms with Crippen LogP contribution in [-0.4, -0.2) is 23.9 Å². The fourth-order valence-electron chi connectivity index (χ4n) is 3.91. The van der Waals surface area contributed by atoms with Crippen LogP contribution in [0.4, 0.5) is 11.4 Å². The zero-order valence-electron chi connectivity index (χ0n) is 13.5. The van der Waals surface area contributed by atoms with Crippen LogP contribution in [-0.2, 0) is 22.4 Å². The van der Waals surface area contributed by atoms with E-state index >= 15 is 0 Å². The molecule has 5 rings (SSSR count). The maximum Gasteiger partial charge on any atom is 0.263 e. The number of amides is 2. The van der Waals surface area contributed by atoms with Crippen molar-refractivity contribution < 1.29 is 9.59 Å². The molecule has 0 aromatic heterocycles. The summed E-state index contributed by atoms with van der Waals surface area (Å²) in [7, 11) is 0. The molecule has 124 valence electrons. The van der Waals surface area contributed by atoms with E-state index in [1.165, 1.54) is 16.0 Å². The van der Waals surface area contributed by atoms with E-state index in [1.54, 1.807) is 5.01 Å². The normalized spacial score (nSPS) is 24.2.